The fraction of sp³-hybridized carbons (Fsp3) is 0.400. The van der Waals surface area contributed by atoms with Gasteiger partial charge in [-0.25, -0.2) is 0 Å². The number of alkyl halides is 3. The first-order chi connectivity index (χ1) is 11.0. The molecule has 0 saturated heterocycles. The van der Waals surface area contributed by atoms with Crippen LogP contribution in [0.1, 0.15) is 24.0 Å². The van der Waals surface area contributed by atoms with E-state index in [9.17, 15) is 18.0 Å². The molecule has 0 spiro atoms. The molecule has 23 heavy (non-hydrogen) atoms. The van der Waals surface area contributed by atoms with Crippen LogP contribution in [0.4, 0.5) is 18.9 Å². The van der Waals surface area contributed by atoms with Crippen LogP contribution in [-0.4, -0.2) is 27.4 Å². The van der Waals surface area contributed by atoms with Crippen molar-refractivity contribution >= 4 is 11.6 Å². The summed E-state index contributed by atoms with van der Waals surface area (Å²) in [6.45, 7) is 0.786. The standard InChI is InChI=1S/C15H15F3N4O/c16-15(17,18)12-4-1-5-13-11(12)3-2-8-22(13)14(23)6-9-21-10-7-19-20-21/h1,4-5,7,10H,2-3,6,8-9H2. The maximum atomic E-state index is 13.1. The number of hydrogen-bond acceptors (Lipinski definition) is 3. The fourth-order valence-corrected chi connectivity index (χ4v) is 2.85. The van der Waals surface area contributed by atoms with Crippen LogP contribution in [0, 0.1) is 0 Å². The number of halogens is 3. The van der Waals surface area contributed by atoms with Gasteiger partial charge in [0.25, 0.3) is 0 Å². The van der Waals surface area contributed by atoms with Gasteiger partial charge >= 0.3 is 6.18 Å². The van der Waals surface area contributed by atoms with Crippen molar-refractivity contribution in [1.29, 1.82) is 0 Å². The summed E-state index contributed by atoms with van der Waals surface area (Å²) in [5, 5.41) is 7.42. The first kappa shape index (κ1) is 15.5. The lowest BCUT2D eigenvalue weighted by Crippen LogP contribution is -2.36. The van der Waals surface area contributed by atoms with Crippen LogP contribution in [0.25, 0.3) is 0 Å². The van der Waals surface area contributed by atoms with E-state index in [1.54, 1.807) is 12.3 Å². The Balaban J connectivity index is 1.82. The molecule has 3 rings (SSSR count). The second-order valence-corrected chi connectivity index (χ2v) is 5.37. The summed E-state index contributed by atoms with van der Waals surface area (Å²) in [5.41, 5.74) is -0.0706. The molecule has 2 heterocycles. The van der Waals surface area contributed by atoms with Crippen molar-refractivity contribution in [3.63, 3.8) is 0 Å². The van der Waals surface area contributed by atoms with Crippen LogP contribution in [0.5, 0.6) is 0 Å². The monoisotopic (exact) mass is 324 g/mol. The SMILES string of the molecule is O=C(CCn1ccnn1)N1CCCc2c1cccc2C(F)(F)F. The number of anilines is 1. The van der Waals surface area contributed by atoms with Gasteiger partial charge in [-0.05, 0) is 30.5 Å². The van der Waals surface area contributed by atoms with Crippen LogP contribution in [-0.2, 0) is 23.9 Å². The highest BCUT2D eigenvalue weighted by atomic mass is 19.4. The normalized spacial score (nSPS) is 14.7. The lowest BCUT2D eigenvalue weighted by atomic mass is 9.95. The third kappa shape index (κ3) is 3.20. The number of fused-ring (bicyclic) bond motifs is 1. The highest BCUT2D eigenvalue weighted by molar-refractivity contribution is 5.94. The van der Waals surface area contributed by atoms with Crippen molar-refractivity contribution < 1.29 is 18.0 Å². The molecule has 1 aromatic carbocycles. The minimum absolute atomic E-state index is 0.166. The van der Waals surface area contributed by atoms with Crippen LogP contribution in [0.3, 0.4) is 0 Å². The molecule has 1 aliphatic rings. The van der Waals surface area contributed by atoms with Gasteiger partial charge in [0, 0.05) is 24.8 Å². The highest BCUT2D eigenvalue weighted by Crippen LogP contribution is 2.39. The molecule has 0 radical (unpaired) electrons. The molecule has 2 aromatic rings. The Hall–Kier alpha value is -2.38. The largest absolute Gasteiger partial charge is 0.416 e. The molecule has 8 heteroatoms. The third-order valence-corrected chi connectivity index (χ3v) is 3.88. The number of aryl methyl sites for hydroxylation is 1. The zero-order chi connectivity index (χ0) is 16.4. The summed E-state index contributed by atoms with van der Waals surface area (Å²) in [5.74, 6) is -0.208. The van der Waals surface area contributed by atoms with Gasteiger partial charge in [0.05, 0.1) is 18.3 Å². The summed E-state index contributed by atoms with van der Waals surface area (Å²) in [6, 6.07) is 4.00. The average Bonchev–Trinajstić information content (AvgIpc) is 3.04. The zero-order valence-electron chi connectivity index (χ0n) is 12.3. The molecule has 0 saturated carbocycles. The Morgan fingerprint density at radius 1 is 1.30 bits per heavy atom. The number of nitrogens with zero attached hydrogens (tertiary/aromatic N) is 4. The Kier molecular flexibility index (Phi) is 4.06. The van der Waals surface area contributed by atoms with Crippen molar-refractivity contribution in [2.24, 2.45) is 0 Å². The van der Waals surface area contributed by atoms with E-state index in [1.807, 2.05) is 0 Å². The van der Waals surface area contributed by atoms with E-state index in [0.717, 1.165) is 6.07 Å². The summed E-state index contributed by atoms with van der Waals surface area (Å²) in [4.78, 5) is 13.8. The molecule has 0 atom stereocenters. The maximum absolute atomic E-state index is 13.1. The molecule has 0 unspecified atom stereocenters. The van der Waals surface area contributed by atoms with Crippen molar-refractivity contribution in [2.75, 3.05) is 11.4 Å². The molecule has 1 aromatic heterocycles. The van der Waals surface area contributed by atoms with E-state index in [0.29, 0.717) is 31.6 Å². The molecule has 1 aliphatic heterocycles. The van der Waals surface area contributed by atoms with E-state index >= 15 is 0 Å². The zero-order valence-corrected chi connectivity index (χ0v) is 12.3. The minimum Gasteiger partial charge on any atom is -0.312 e. The van der Waals surface area contributed by atoms with Gasteiger partial charge in [-0.15, -0.1) is 5.10 Å². The van der Waals surface area contributed by atoms with Gasteiger partial charge in [0.1, 0.15) is 0 Å². The minimum atomic E-state index is -4.40. The molecule has 0 N–H and O–H groups in total. The molecule has 122 valence electrons. The predicted octanol–water partition coefficient (Wildman–Crippen LogP) is 2.67. The van der Waals surface area contributed by atoms with Crippen molar-refractivity contribution in [2.45, 2.75) is 32.0 Å². The maximum Gasteiger partial charge on any atom is 0.416 e. The second kappa shape index (κ2) is 6.02. The number of rotatable bonds is 3. The van der Waals surface area contributed by atoms with Gasteiger partial charge in [-0.3, -0.25) is 9.48 Å². The van der Waals surface area contributed by atoms with Crippen LogP contribution >= 0.6 is 0 Å². The predicted molar refractivity (Wildman–Crippen MR) is 76.8 cm³/mol. The Labute approximate surface area is 130 Å². The van der Waals surface area contributed by atoms with Crippen molar-refractivity contribution in [3.8, 4) is 0 Å². The first-order valence-corrected chi connectivity index (χ1v) is 7.30. The number of carbonyl (C=O) groups is 1. The summed E-state index contributed by atoms with van der Waals surface area (Å²) in [7, 11) is 0. The Bertz CT molecular complexity index is 697. The summed E-state index contributed by atoms with van der Waals surface area (Å²) < 4.78 is 40.9. The smallest absolute Gasteiger partial charge is 0.312 e. The number of amides is 1. The Morgan fingerprint density at radius 2 is 2.13 bits per heavy atom. The van der Waals surface area contributed by atoms with Gasteiger partial charge in [-0.1, -0.05) is 11.3 Å². The molecule has 1 amide bonds. The van der Waals surface area contributed by atoms with Gasteiger partial charge in [0.15, 0.2) is 0 Å². The average molecular weight is 324 g/mol. The van der Waals surface area contributed by atoms with Crippen LogP contribution < -0.4 is 4.90 Å². The fourth-order valence-electron chi connectivity index (χ4n) is 2.85. The molecule has 0 bridgehead atoms. The van der Waals surface area contributed by atoms with Gasteiger partial charge in [-0.2, -0.15) is 13.2 Å². The summed E-state index contributed by atoms with van der Waals surface area (Å²) >= 11 is 0. The lowest BCUT2D eigenvalue weighted by molar-refractivity contribution is -0.138. The molecular weight excluding hydrogens is 309 g/mol. The number of aromatic nitrogens is 3. The van der Waals surface area contributed by atoms with Gasteiger partial charge in [0.2, 0.25) is 5.91 Å². The first-order valence-electron chi connectivity index (χ1n) is 7.30. The van der Waals surface area contributed by atoms with E-state index in [1.165, 1.54) is 21.8 Å². The van der Waals surface area contributed by atoms with Crippen LogP contribution in [0.2, 0.25) is 0 Å². The van der Waals surface area contributed by atoms with Crippen molar-refractivity contribution in [3.05, 3.63) is 41.7 Å². The lowest BCUT2D eigenvalue weighted by Gasteiger charge is -2.31. The van der Waals surface area contributed by atoms with Gasteiger partial charge < -0.3 is 4.90 Å². The van der Waals surface area contributed by atoms with Crippen molar-refractivity contribution in [1.82, 2.24) is 15.0 Å². The second-order valence-electron chi connectivity index (χ2n) is 5.37. The molecule has 5 nitrogen and oxygen atoms in total. The van der Waals surface area contributed by atoms with Crippen LogP contribution in [0.15, 0.2) is 30.6 Å². The molecular formula is C15H15F3N4O. The van der Waals surface area contributed by atoms with E-state index in [2.05, 4.69) is 10.3 Å². The van der Waals surface area contributed by atoms with E-state index < -0.39 is 11.7 Å². The Morgan fingerprint density at radius 3 is 2.83 bits per heavy atom. The van der Waals surface area contributed by atoms with E-state index in [4.69, 9.17) is 0 Å². The molecule has 0 fully saturated rings. The third-order valence-electron chi connectivity index (χ3n) is 3.88. The summed E-state index contributed by atoms with van der Waals surface area (Å²) in [6.07, 6.45) is -0.236. The number of carbonyl (C=O) groups excluding carboxylic acids is 1. The molecule has 0 aliphatic carbocycles. The topological polar surface area (TPSA) is 51.0 Å². The number of hydrogen-bond donors (Lipinski definition) is 0. The number of benzene rings is 1. The highest BCUT2D eigenvalue weighted by Gasteiger charge is 2.36. The quantitative estimate of drug-likeness (QED) is 0.872. The van der Waals surface area contributed by atoms with E-state index in [-0.39, 0.29) is 17.9 Å².